The molecule has 0 spiro atoms. The Morgan fingerprint density at radius 1 is 0.929 bits per heavy atom. The summed E-state index contributed by atoms with van der Waals surface area (Å²) in [5, 5.41) is 14.4. The molecule has 0 radical (unpaired) electrons. The van der Waals surface area contributed by atoms with Crippen LogP contribution in [-0.4, -0.2) is 47.7 Å². The molecular formula is C21H22N2O5. The van der Waals surface area contributed by atoms with Crippen LogP contribution in [0.3, 0.4) is 0 Å². The minimum Gasteiger partial charge on any atom is -0.479 e. The molecule has 1 unspecified atom stereocenters. The second kappa shape index (κ2) is 9.14. The lowest BCUT2D eigenvalue weighted by atomic mass is 10.0. The molecule has 0 aliphatic carbocycles. The van der Waals surface area contributed by atoms with Crippen molar-refractivity contribution in [3.05, 3.63) is 71.8 Å². The van der Waals surface area contributed by atoms with Gasteiger partial charge in [0.25, 0.3) is 5.91 Å². The number of carboxylic acids is 1. The van der Waals surface area contributed by atoms with E-state index in [0.29, 0.717) is 19.4 Å². The van der Waals surface area contributed by atoms with Crippen molar-refractivity contribution in [1.29, 1.82) is 0 Å². The average Bonchev–Trinajstić information content (AvgIpc) is 3.50. The summed E-state index contributed by atoms with van der Waals surface area (Å²) < 4.78 is 4.87. The van der Waals surface area contributed by atoms with Crippen LogP contribution in [0.2, 0.25) is 0 Å². The first-order chi connectivity index (χ1) is 13.5. The Morgan fingerprint density at radius 3 is 2.11 bits per heavy atom. The van der Waals surface area contributed by atoms with Crippen molar-refractivity contribution in [2.45, 2.75) is 31.1 Å². The Morgan fingerprint density at radius 2 is 1.54 bits per heavy atom. The number of hydrogen-bond acceptors (Lipinski definition) is 4. The maximum atomic E-state index is 12.6. The van der Waals surface area contributed by atoms with Gasteiger partial charge in [0, 0.05) is 13.0 Å². The zero-order chi connectivity index (χ0) is 19.9. The van der Waals surface area contributed by atoms with Crippen LogP contribution < -0.4 is 10.6 Å². The number of ether oxygens (including phenoxy) is 1. The van der Waals surface area contributed by atoms with Gasteiger partial charge in [0.2, 0.25) is 5.91 Å². The standard InChI is InChI=1S/C21H22N2O5/c24-19(22-12-11-14-7-3-1-4-8-14)16(13-15-9-5-2-6-10-15)23-20(25)17-18(28-17)21(26)27/h1-10,16-18H,11-13H2,(H,22,24)(H,23,25)(H,26,27)/t16?,17-,18-/m1/s1. The Kier molecular flexibility index (Phi) is 6.39. The molecule has 0 saturated carbocycles. The van der Waals surface area contributed by atoms with Crippen molar-refractivity contribution in [3.63, 3.8) is 0 Å². The van der Waals surface area contributed by atoms with E-state index in [-0.39, 0.29) is 5.91 Å². The van der Waals surface area contributed by atoms with E-state index in [1.807, 2.05) is 60.7 Å². The highest BCUT2D eigenvalue weighted by atomic mass is 16.6. The van der Waals surface area contributed by atoms with Gasteiger partial charge in [-0.3, -0.25) is 9.59 Å². The molecule has 2 amide bonds. The number of epoxide rings is 1. The van der Waals surface area contributed by atoms with E-state index in [1.165, 1.54) is 0 Å². The lowest BCUT2D eigenvalue weighted by Crippen LogP contribution is -2.50. The van der Waals surface area contributed by atoms with Crippen LogP contribution in [0.4, 0.5) is 0 Å². The predicted octanol–water partition coefficient (Wildman–Crippen LogP) is 0.925. The molecule has 146 valence electrons. The minimum atomic E-state index is -1.19. The summed E-state index contributed by atoms with van der Waals surface area (Å²) in [5.74, 6) is -2.10. The topological polar surface area (TPSA) is 108 Å². The van der Waals surface area contributed by atoms with Crippen molar-refractivity contribution in [1.82, 2.24) is 10.6 Å². The number of carboxylic acid groups (broad SMARTS) is 1. The van der Waals surface area contributed by atoms with Gasteiger partial charge in [0.1, 0.15) is 6.04 Å². The second-order valence-electron chi connectivity index (χ2n) is 6.59. The van der Waals surface area contributed by atoms with Gasteiger partial charge in [-0.05, 0) is 17.5 Å². The third kappa shape index (κ3) is 5.40. The fourth-order valence-electron chi connectivity index (χ4n) is 2.91. The fourth-order valence-corrected chi connectivity index (χ4v) is 2.91. The highest BCUT2D eigenvalue weighted by molar-refractivity contribution is 5.95. The summed E-state index contributed by atoms with van der Waals surface area (Å²) in [7, 11) is 0. The van der Waals surface area contributed by atoms with E-state index in [1.54, 1.807) is 0 Å². The zero-order valence-electron chi connectivity index (χ0n) is 15.2. The average molecular weight is 382 g/mol. The molecule has 7 heteroatoms. The molecular weight excluding hydrogens is 360 g/mol. The first kappa shape index (κ1) is 19.6. The molecule has 2 aromatic carbocycles. The number of nitrogens with one attached hydrogen (secondary N) is 2. The summed E-state index contributed by atoms with van der Waals surface area (Å²) in [4.78, 5) is 35.8. The normalized spacial score (nSPS) is 18.7. The van der Waals surface area contributed by atoms with E-state index in [2.05, 4.69) is 10.6 Å². The number of aliphatic carboxylic acids is 1. The maximum Gasteiger partial charge on any atom is 0.336 e. The molecule has 0 aromatic heterocycles. The third-order valence-electron chi connectivity index (χ3n) is 4.46. The summed E-state index contributed by atoms with van der Waals surface area (Å²) >= 11 is 0. The minimum absolute atomic E-state index is 0.300. The molecule has 1 aliphatic heterocycles. The molecule has 1 heterocycles. The third-order valence-corrected chi connectivity index (χ3v) is 4.46. The van der Waals surface area contributed by atoms with Crippen LogP contribution in [0, 0.1) is 0 Å². The first-order valence-corrected chi connectivity index (χ1v) is 9.09. The summed E-state index contributed by atoms with van der Waals surface area (Å²) in [6.07, 6.45) is -1.22. The maximum absolute atomic E-state index is 12.6. The predicted molar refractivity (Wildman–Crippen MR) is 102 cm³/mol. The van der Waals surface area contributed by atoms with Crippen molar-refractivity contribution >= 4 is 17.8 Å². The highest BCUT2D eigenvalue weighted by Gasteiger charge is 2.51. The molecule has 2 aromatic rings. The number of rotatable bonds is 9. The Hall–Kier alpha value is -3.19. The Bertz CT molecular complexity index is 825. The number of carbonyl (C=O) groups excluding carboxylic acids is 2. The first-order valence-electron chi connectivity index (χ1n) is 9.09. The van der Waals surface area contributed by atoms with Gasteiger partial charge in [-0.15, -0.1) is 0 Å². The van der Waals surface area contributed by atoms with E-state index in [4.69, 9.17) is 9.84 Å². The van der Waals surface area contributed by atoms with E-state index in [9.17, 15) is 14.4 Å². The molecule has 1 aliphatic rings. The van der Waals surface area contributed by atoms with Gasteiger partial charge in [-0.25, -0.2) is 4.79 Å². The number of hydrogen-bond donors (Lipinski definition) is 3. The van der Waals surface area contributed by atoms with Crippen molar-refractivity contribution in [2.75, 3.05) is 6.54 Å². The van der Waals surface area contributed by atoms with Crippen LogP contribution in [0.5, 0.6) is 0 Å². The second-order valence-corrected chi connectivity index (χ2v) is 6.59. The van der Waals surface area contributed by atoms with Crippen LogP contribution >= 0.6 is 0 Å². The van der Waals surface area contributed by atoms with Crippen molar-refractivity contribution in [3.8, 4) is 0 Å². The Balaban J connectivity index is 1.59. The van der Waals surface area contributed by atoms with E-state index >= 15 is 0 Å². The number of benzene rings is 2. The SMILES string of the molecule is O=C(NCCc1ccccc1)C(Cc1ccccc1)NC(=O)[C@@H]1O[C@H]1C(=O)O. The fraction of sp³-hybridized carbons (Fsp3) is 0.286. The molecule has 0 bridgehead atoms. The summed E-state index contributed by atoms with van der Waals surface area (Å²) in [6, 6.07) is 18.2. The molecule has 3 N–H and O–H groups in total. The molecule has 3 atom stereocenters. The lowest BCUT2D eigenvalue weighted by molar-refractivity contribution is -0.138. The van der Waals surface area contributed by atoms with Gasteiger partial charge in [-0.1, -0.05) is 60.7 Å². The number of amides is 2. The number of carbonyl (C=O) groups is 3. The quantitative estimate of drug-likeness (QED) is 0.559. The smallest absolute Gasteiger partial charge is 0.336 e. The summed E-state index contributed by atoms with van der Waals surface area (Å²) in [5.41, 5.74) is 1.99. The largest absolute Gasteiger partial charge is 0.479 e. The molecule has 7 nitrogen and oxygen atoms in total. The zero-order valence-corrected chi connectivity index (χ0v) is 15.2. The molecule has 1 fully saturated rings. The van der Waals surface area contributed by atoms with Gasteiger partial charge >= 0.3 is 5.97 Å². The van der Waals surface area contributed by atoms with Crippen LogP contribution in [0.25, 0.3) is 0 Å². The van der Waals surface area contributed by atoms with Gasteiger partial charge in [0.15, 0.2) is 12.2 Å². The highest BCUT2D eigenvalue weighted by Crippen LogP contribution is 2.22. The summed E-state index contributed by atoms with van der Waals surface area (Å²) in [6.45, 7) is 0.432. The monoisotopic (exact) mass is 382 g/mol. The van der Waals surface area contributed by atoms with Crippen LogP contribution in [-0.2, 0) is 32.0 Å². The molecule has 28 heavy (non-hydrogen) atoms. The Labute approximate surface area is 162 Å². The van der Waals surface area contributed by atoms with E-state index < -0.39 is 30.1 Å². The van der Waals surface area contributed by atoms with Gasteiger partial charge < -0.3 is 20.5 Å². The van der Waals surface area contributed by atoms with Crippen molar-refractivity contribution in [2.24, 2.45) is 0 Å². The van der Waals surface area contributed by atoms with Gasteiger partial charge in [0.05, 0.1) is 0 Å². The van der Waals surface area contributed by atoms with E-state index in [0.717, 1.165) is 11.1 Å². The van der Waals surface area contributed by atoms with Gasteiger partial charge in [-0.2, -0.15) is 0 Å². The molecule has 1 saturated heterocycles. The van der Waals surface area contributed by atoms with Crippen LogP contribution in [0.15, 0.2) is 60.7 Å². The lowest BCUT2D eigenvalue weighted by Gasteiger charge is -2.18. The van der Waals surface area contributed by atoms with Crippen molar-refractivity contribution < 1.29 is 24.2 Å². The molecule has 3 rings (SSSR count). The van der Waals surface area contributed by atoms with Crippen LogP contribution in [0.1, 0.15) is 11.1 Å².